The van der Waals surface area contributed by atoms with Crippen molar-refractivity contribution in [3.8, 4) is 0 Å². The van der Waals surface area contributed by atoms with Gasteiger partial charge in [-0.05, 0) is 17.7 Å². The van der Waals surface area contributed by atoms with Crippen molar-refractivity contribution in [1.82, 2.24) is 5.01 Å². The molecule has 1 rings (SSSR count). The molecule has 94 valence electrons. The summed E-state index contributed by atoms with van der Waals surface area (Å²) in [5.41, 5.74) is 0.268. The SMILES string of the molecule is CC(C)(C)C(=O)N(N)Cc1ccc(Cl)cc1Cl. The Morgan fingerprint density at radius 1 is 1.35 bits per heavy atom. The highest BCUT2D eigenvalue weighted by Crippen LogP contribution is 2.23. The fourth-order valence-electron chi connectivity index (χ4n) is 1.34. The van der Waals surface area contributed by atoms with Crippen molar-refractivity contribution in [2.75, 3.05) is 0 Å². The van der Waals surface area contributed by atoms with Gasteiger partial charge in [0.25, 0.3) is 0 Å². The van der Waals surface area contributed by atoms with E-state index in [2.05, 4.69) is 0 Å². The van der Waals surface area contributed by atoms with Gasteiger partial charge in [-0.2, -0.15) is 0 Å². The molecule has 0 aliphatic heterocycles. The van der Waals surface area contributed by atoms with Crippen LogP contribution in [0.4, 0.5) is 0 Å². The van der Waals surface area contributed by atoms with Gasteiger partial charge in [0, 0.05) is 15.5 Å². The first-order chi connectivity index (χ1) is 7.71. The fourth-order valence-corrected chi connectivity index (χ4v) is 1.80. The zero-order chi connectivity index (χ0) is 13.2. The highest BCUT2D eigenvalue weighted by molar-refractivity contribution is 6.35. The van der Waals surface area contributed by atoms with Gasteiger partial charge in [-0.15, -0.1) is 0 Å². The molecule has 0 fully saturated rings. The molecule has 17 heavy (non-hydrogen) atoms. The van der Waals surface area contributed by atoms with Crippen LogP contribution in [-0.2, 0) is 11.3 Å². The highest BCUT2D eigenvalue weighted by atomic mass is 35.5. The van der Waals surface area contributed by atoms with Crippen molar-refractivity contribution >= 4 is 29.1 Å². The second kappa shape index (κ2) is 5.25. The minimum Gasteiger partial charge on any atom is -0.276 e. The summed E-state index contributed by atoms with van der Waals surface area (Å²) < 4.78 is 0. The van der Waals surface area contributed by atoms with E-state index in [0.717, 1.165) is 5.56 Å². The molecule has 2 N–H and O–H groups in total. The van der Waals surface area contributed by atoms with Crippen LogP contribution in [0.25, 0.3) is 0 Å². The quantitative estimate of drug-likeness (QED) is 0.511. The first-order valence-corrected chi connectivity index (χ1v) is 5.98. The Morgan fingerprint density at radius 2 is 1.94 bits per heavy atom. The molecule has 3 nitrogen and oxygen atoms in total. The van der Waals surface area contributed by atoms with Crippen LogP contribution in [0.1, 0.15) is 26.3 Å². The first-order valence-electron chi connectivity index (χ1n) is 5.22. The van der Waals surface area contributed by atoms with Gasteiger partial charge >= 0.3 is 0 Å². The molecule has 1 aromatic rings. The summed E-state index contributed by atoms with van der Waals surface area (Å²) in [7, 11) is 0. The average Bonchev–Trinajstić information content (AvgIpc) is 2.19. The second-order valence-corrected chi connectivity index (χ2v) is 5.76. The third kappa shape index (κ3) is 3.87. The molecule has 0 aliphatic rings. The number of hydrazine groups is 1. The summed E-state index contributed by atoms with van der Waals surface area (Å²) in [4.78, 5) is 11.9. The molecule has 1 amide bonds. The lowest BCUT2D eigenvalue weighted by Gasteiger charge is -2.25. The lowest BCUT2D eigenvalue weighted by Crippen LogP contribution is -2.43. The summed E-state index contributed by atoms with van der Waals surface area (Å²) in [5.74, 6) is 5.60. The Bertz CT molecular complexity index is 427. The molecule has 0 unspecified atom stereocenters. The molecule has 0 saturated carbocycles. The molecule has 0 spiro atoms. The summed E-state index contributed by atoms with van der Waals surface area (Å²) in [6.45, 7) is 5.72. The number of rotatable bonds is 2. The average molecular weight is 275 g/mol. The molecule has 0 atom stereocenters. The summed E-state index contributed by atoms with van der Waals surface area (Å²) in [6, 6.07) is 5.12. The maximum absolute atomic E-state index is 11.9. The van der Waals surface area contributed by atoms with E-state index < -0.39 is 5.41 Å². The van der Waals surface area contributed by atoms with E-state index in [1.165, 1.54) is 5.01 Å². The predicted molar refractivity (Wildman–Crippen MR) is 70.7 cm³/mol. The number of nitrogens with zero attached hydrogens (tertiary/aromatic N) is 1. The molecule has 5 heteroatoms. The topological polar surface area (TPSA) is 46.3 Å². The van der Waals surface area contributed by atoms with Crippen LogP contribution in [0.15, 0.2) is 18.2 Å². The monoisotopic (exact) mass is 274 g/mol. The standard InChI is InChI=1S/C12H16Cl2N2O/c1-12(2,3)11(17)16(15)7-8-4-5-9(13)6-10(8)14/h4-6H,7,15H2,1-3H3. The number of carbonyl (C=O) groups is 1. The van der Waals surface area contributed by atoms with Crippen molar-refractivity contribution < 1.29 is 4.79 Å². The van der Waals surface area contributed by atoms with E-state index in [9.17, 15) is 4.79 Å². The first kappa shape index (κ1) is 14.3. The van der Waals surface area contributed by atoms with Gasteiger partial charge in [0.05, 0.1) is 6.54 Å². The number of hydrogen-bond donors (Lipinski definition) is 1. The number of amides is 1. The lowest BCUT2D eigenvalue weighted by atomic mass is 9.95. The van der Waals surface area contributed by atoms with Gasteiger partial charge in [-0.1, -0.05) is 50.0 Å². The maximum Gasteiger partial charge on any atom is 0.242 e. The molecular weight excluding hydrogens is 259 g/mol. The largest absolute Gasteiger partial charge is 0.276 e. The van der Waals surface area contributed by atoms with Gasteiger partial charge in [0.1, 0.15) is 0 Å². The van der Waals surface area contributed by atoms with E-state index in [-0.39, 0.29) is 12.5 Å². The Kier molecular flexibility index (Phi) is 4.42. The minimum atomic E-state index is -0.506. The highest BCUT2D eigenvalue weighted by Gasteiger charge is 2.25. The van der Waals surface area contributed by atoms with Gasteiger partial charge < -0.3 is 0 Å². The van der Waals surface area contributed by atoms with Gasteiger partial charge in [-0.25, -0.2) is 5.84 Å². The second-order valence-electron chi connectivity index (χ2n) is 4.92. The zero-order valence-electron chi connectivity index (χ0n) is 10.1. The van der Waals surface area contributed by atoms with Crippen LogP contribution in [0.3, 0.4) is 0 Å². The molecule has 0 heterocycles. The molecule has 1 aromatic carbocycles. The van der Waals surface area contributed by atoms with Crippen LogP contribution in [-0.4, -0.2) is 10.9 Å². The number of hydrogen-bond acceptors (Lipinski definition) is 2. The third-order valence-corrected chi connectivity index (χ3v) is 2.85. The van der Waals surface area contributed by atoms with E-state index in [1.807, 2.05) is 20.8 Å². The molecular formula is C12H16Cl2N2O. The van der Waals surface area contributed by atoms with Crippen molar-refractivity contribution in [3.05, 3.63) is 33.8 Å². The molecule has 0 saturated heterocycles. The van der Waals surface area contributed by atoms with Gasteiger partial charge in [-0.3, -0.25) is 9.80 Å². The van der Waals surface area contributed by atoms with E-state index in [1.54, 1.807) is 18.2 Å². The Hall–Kier alpha value is -0.770. The van der Waals surface area contributed by atoms with E-state index >= 15 is 0 Å². The number of halogens is 2. The number of benzene rings is 1. The Balaban J connectivity index is 2.81. The lowest BCUT2D eigenvalue weighted by molar-refractivity contribution is -0.140. The molecule has 0 radical (unpaired) electrons. The van der Waals surface area contributed by atoms with Crippen LogP contribution < -0.4 is 5.84 Å². The number of nitrogens with two attached hydrogens (primary N) is 1. The van der Waals surface area contributed by atoms with Crippen LogP contribution in [0, 0.1) is 5.41 Å². The predicted octanol–water partition coefficient (Wildman–Crippen LogP) is 3.24. The van der Waals surface area contributed by atoms with Crippen LogP contribution in [0.2, 0.25) is 10.0 Å². The zero-order valence-corrected chi connectivity index (χ0v) is 11.6. The van der Waals surface area contributed by atoms with Crippen molar-refractivity contribution in [2.24, 2.45) is 11.3 Å². The smallest absolute Gasteiger partial charge is 0.242 e. The van der Waals surface area contributed by atoms with Gasteiger partial charge in [0.15, 0.2) is 0 Å². The van der Waals surface area contributed by atoms with Gasteiger partial charge in [0.2, 0.25) is 5.91 Å². The normalized spacial score (nSPS) is 11.4. The fraction of sp³-hybridized carbons (Fsp3) is 0.417. The van der Waals surface area contributed by atoms with E-state index in [0.29, 0.717) is 10.0 Å². The maximum atomic E-state index is 11.9. The van der Waals surface area contributed by atoms with Crippen LogP contribution in [0.5, 0.6) is 0 Å². The van der Waals surface area contributed by atoms with Crippen LogP contribution >= 0.6 is 23.2 Å². The van der Waals surface area contributed by atoms with Crippen molar-refractivity contribution in [2.45, 2.75) is 27.3 Å². The molecule has 0 aliphatic carbocycles. The third-order valence-electron chi connectivity index (χ3n) is 2.26. The summed E-state index contributed by atoms with van der Waals surface area (Å²) in [5, 5.41) is 2.24. The van der Waals surface area contributed by atoms with E-state index in [4.69, 9.17) is 29.0 Å². The molecule has 0 aromatic heterocycles. The van der Waals surface area contributed by atoms with Crippen molar-refractivity contribution in [1.29, 1.82) is 0 Å². The Morgan fingerprint density at radius 3 is 2.41 bits per heavy atom. The number of carbonyl (C=O) groups excluding carboxylic acids is 1. The van der Waals surface area contributed by atoms with Crippen molar-refractivity contribution in [3.63, 3.8) is 0 Å². The summed E-state index contributed by atoms with van der Waals surface area (Å²) >= 11 is 11.8. The summed E-state index contributed by atoms with van der Waals surface area (Å²) in [6.07, 6.45) is 0. The Labute approximate surface area is 111 Å². The minimum absolute atomic E-state index is 0.136. The molecule has 0 bridgehead atoms.